The minimum absolute atomic E-state index is 0.139. The second kappa shape index (κ2) is 10.2. The van der Waals surface area contributed by atoms with E-state index < -0.39 is 62.6 Å². The summed E-state index contributed by atoms with van der Waals surface area (Å²) in [5, 5.41) is 0. The van der Waals surface area contributed by atoms with Crippen molar-refractivity contribution in [2.24, 2.45) is 5.92 Å². The van der Waals surface area contributed by atoms with E-state index in [1.54, 1.807) is 0 Å². The minimum atomic E-state index is -4.38. The van der Waals surface area contributed by atoms with Gasteiger partial charge in [-0.1, -0.05) is 27.2 Å². The Kier molecular flexibility index (Phi) is 8.63. The van der Waals surface area contributed by atoms with Crippen LogP contribution in [0, 0.1) is 5.92 Å². The zero-order valence-corrected chi connectivity index (χ0v) is 19.6. The van der Waals surface area contributed by atoms with Crippen LogP contribution in [0.4, 0.5) is 0 Å². The van der Waals surface area contributed by atoms with Crippen LogP contribution in [0.5, 0.6) is 0 Å². The lowest BCUT2D eigenvalue weighted by molar-refractivity contribution is -0.0571. The van der Waals surface area contributed by atoms with Crippen molar-refractivity contribution < 1.29 is 37.8 Å². The highest BCUT2D eigenvalue weighted by molar-refractivity contribution is 7.53. The third kappa shape index (κ3) is 6.24. The van der Waals surface area contributed by atoms with E-state index in [0.717, 1.165) is 10.6 Å². The topological polar surface area (TPSA) is 177 Å². The molecule has 0 spiro atoms. The van der Waals surface area contributed by atoms with Crippen LogP contribution in [0.25, 0.3) is 0 Å². The fourth-order valence-corrected chi connectivity index (χ4v) is 5.39. The van der Waals surface area contributed by atoms with E-state index in [2.05, 4.69) is 18.8 Å². The maximum atomic E-state index is 12.2. The third-order valence-corrected chi connectivity index (χ3v) is 7.80. The maximum Gasteiger partial charge on any atom is 0.330 e. The van der Waals surface area contributed by atoms with Crippen molar-refractivity contribution >= 4 is 15.2 Å². The molecule has 178 valence electrons. The molecule has 0 aromatic carbocycles. The van der Waals surface area contributed by atoms with Crippen molar-refractivity contribution in [2.75, 3.05) is 13.3 Å². The number of hydrogen-bond acceptors (Lipinski definition) is 7. The van der Waals surface area contributed by atoms with E-state index >= 15 is 0 Å². The first kappa shape index (κ1) is 26.2. The third-order valence-electron chi connectivity index (χ3n) is 4.97. The molecule has 0 amide bonds. The first-order chi connectivity index (χ1) is 14.4. The molecule has 1 saturated heterocycles. The van der Waals surface area contributed by atoms with Crippen molar-refractivity contribution in [1.82, 2.24) is 9.55 Å². The molecule has 7 atom stereocenters. The molecule has 1 aliphatic carbocycles. The van der Waals surface area contributed by atoms with Gasteiger partial charge in [-0.2, -0.15) is 0 Å². The number of H-pyrrole nitrogens is 1. The number of methoxy groups -OCH3 is 1. The summed E-state index contributed by atoms with van der Waals surface area (Å²) in [6.45, 7) is 5.70. The molecule has 7 unspecified atom stereocenters. The summed E-state index contributed by atoms with van der Waals surface area (Å²) < 4.78 is 41.4. The summed E-state index contributed by atoms with van der Waals surface area (Å²) in [7, 11) is -7.11. The quantitative estimate of drug-likeness (QED) is 0.409. The Morgan fingerprint density at radius 3 is 2.26 bits per heavy atom. The van der Waals surface area contributed by atoms with Gasteiger partial charge in [-0.3, -0.25) is 28.0 Å². The fraction of sp³-hybridized carbons (Fsp3) is 0.765. The standard InChI is InChI=1S/C14H22N2O10P2.C3H8/c1-3-27(19,20)26-11-10(7-6-8(7)28(21,22)23)25-13(12(11)24-2)16-5-4-9(17)15-14(16)18;1-3-2/h4-5,7-8,10-13H,3,6H2,1-2H3,(H,19,20)(H,15,17,18)(H2,21,22,23);3H2,1-2H3. The number of aromatic amines is 1. The molecule has 2 fully saturated rings. The summed E-state index contributed by atoms with van der Waals surface area (Å²) in [5.41, 5.74) is -2.37. The Labute approximate surface area is 179 Å². The molecule has 4 N–H and O–H groups in total. The van der Waals surface area contributed by atoms with Crippen LogP contribution < -0.4 is 11.2 Å². The van der Waals surface area contributed by atoms with Gasteiger partial charge in [0, 0.05) is 31.5 Å². The molecule has 1 saturated carbocycles. The summed E-state index contributed by atoms with van der Waals surface area (Å²) in [6, 6.07) is 1.10. The molecule has 1 aromatic rings. The van der Waals surface area contributed by atoms with Crippen LogP contribution in [0.2, 0.25) is 0 Å². The normalized spacial score (nSPS) is 32.1. The van der Waals surface area contributed by atoms with Gasteiger partial charge >= 0.3 is 20.9 Å². The molecule has 12 nitrogen and oxygen atoms in total. The van der Waals surface area contributed by atoms with E-state index in [0.29, 0.717) is 0 Å². The van der Waals surface area contributed by atoms with Gasteiger partial charge in [0.1, 0.15) is 12.2 Å². The smallest absolute Gasteiger partial charge is 0.330 e. The molecule has 0 radical (unpaired) electrons. The summed E-state index contributed by atoms with van der Waals surface area (Å²) in [5.74, 6) is -0.635. The summed E-state index contributed by atoms with van der Waals surface area (Å²) in [6.07, 6.45) is -1.91. The number of hydrogen-bond donors (Lipinski definition) is 4. The van der Waals surface area contributed by atoms with Crippen LogP contribution in [-0.2, 0) is 23.1 Å². The minimum Gasteiger partial charge on any atom is -0.374 e. The first-order valence-electron chi connectivity index (χ1n) is 9.95. The van der Waals surface area contributed by atoms with Gasteiger partial charge in [-0.05, 0) is 6.42 Å². The number of aromatic nitrogens is 2. The molecule has 3 rings (SSSR count). The predicted molar refractivity (Wildman–Crippen MR) is 111 cm³/mol. The van der Waals surface area contributed by atoms with Gasteiger partial charge in [0.15, 0.2) is 6.23 Å². The lowest BCUT2D eigenvalue weighted by Gasteiger charge is -2.25. The Morgan fingerprint density at radius 2 is 1.81 bits per heavy atom. The van der Waals surface area contributed by atoms with Crippen LogP contribution >= 0.6 is 15.2 Å². The van der Waals surface area contributed by atoms with Crippen LogP contribution in [0.15, 0.2) is 21.9 Å². The predicted octanol–water partition coefficient (Wildman–Crippen LogP) is 1.02. The molecule has 1 aromatic heterocycles. The lowest BCUT2D eigenvalue weighted by Crippen LogP contribution is -2.39. The molecular weight excluding hydrogens is 454 g/mol. The number of rotatable bonds is 7. The largest absolute Gasteiger partial charge is 0.374 e. The molecule has 2 heterocycles. The second-order valence-electron chi connectivity index (χ2n) is 7.50. The van der Waals surface area contributed by atoms with Crippen molar-refractivity contribution in [3.05, 3.63) is 33.1 Å². The molecule has 0 bridgehead atoms. The Morgan fingerprint density at radius 1 is 1.19 bits per heavy atom. The molecule has 1 aliphatic heterocycles. The zero-order chi connectivity index (χ0) is 23.6. The van der Waals surface area contributed by atoms with E-state index in [1.807, 2.05) is 0 Å². The molecule has 14 heteroatoms. The number of ether oxygens (including phenoxy) is 2. The van der Waals surface area contributed by atoms with Crippen molar-refractivity contribution in [2.45, 2.75) is 63.8 Å². The van der Waals surface area contributed by atoms with Gasteiger partial charge in [0.05, 0.1) is 11.8 Å². The number of nitrogens with zero attached hydrogens (tertiary/aromatic N) is 1. The van der Waals surface area contributed by atoms with Crippen molar-refractivity contribution in [3.63, 3.8) is 0 Å². The van der Waals surface area contributed by atoms with Crippen molar-refractivity contribution in [3.8, 4) is 0 Å². The van der Waals surface area contributed by atoms with Crippen LogP contribution in [-0.4, -0.2) is 61.5 Å². The van der Waals surface area contributed by atoms with Gasteiger partial charge in [-0.25, -0.2) is 4.79 Å². The average molecular weight is 484 g/mol. The Balaban J connectivity index is 0.00000107. The van der Waals surface area contributed by atoms with Gasteiger partial charge in [0.25, 0.3) is 5.56 Å². The first-order valence-corrected chi connectivity index (χ1v) is 13.4. The van der Waals surface area contributed by atoms with E-state index in [-0.39, 0.29) is 12.6 Å². The summed E-state index contributed by atoms with van der Waals surface area (Å²) in [4.78, 5) is 54.3. The van der Waals surface area contributed by atoms with Crippen LogP contribution in [0.3, 0.4) is 0 Å². The van der Waals surface area contributed by atoms with Gasteiger partial charge in [-0.15, -0.1) is 0 Å². The Hall–Kier alpha value is -1.10. The van der Waals surface area contributed by atoms with Crippen LogP contribution in [0.1, 0.15) is 39.8 Å². The highest BCUT2D eigenvalue weighted by Crippen LogP contribution is 2.62. The highest BCUT2D eigenvalue weighted by Gasteiger charge is 2.61. The molecule has 2 aliphatic rings. The molecular formula is C17H30N2O10P2. The second-order valence-corrected chi connectivity index (χ2v) is 11.5. The summed E-state index contributed by atoms with van der Waals surface area (Å²) >= 11 is 0. The SMILES string of the molecule is CCC.CCP(=O)(O)OC1C(C2CC2P(=O)(O)O)OC(n2ccc(=O)[nH]c2=O)C1OC. The fourth-order valence-electron chi connectivity index (χ4n) is 3.44. The van der Waals surface area contributed by atoms with E-state index in [4.69, 9.17) is 14.0 Å². The number of nitrogens with one attached hydrogen (secondary N) is 1. The zero-order valence-electron chi connectivity index (χ0n) is 17.8. The average Bonchev–Trinajstić information content (AvgIpc) is 3.40. The van der Waals surface area contributed by atoms with Gasteiger partial charge in [0.2, 0.25) is 0 Å². The van der Waals surface area contributed by atoms with Crippen molar-refractivity contribution in [1.29, 1.82) is 0 Å². The van der Waals surface area contributed by atoms with E-state index in [9.17, 15) is 33.4 Å². The highest BCUT2D eigenvalue weighted by atomic mass is 31.2. The molecule has 31 heavy (non-hydrogen) atoms. The maximum absolute atomic E-state index is 12.2. The van der Waals surface area contributed by atoms with Gasteiger partial charge < -0.3 is 24.2 Å². The monoisotopic (exact) mass is 484 g/mol. The van der Waals surface area contributed by atoms with E-state index in [1.165, 1.54) is 26.7 Å². The Bertz CT molecular complexity index is 957. The lowest BCUT2D eigenvalue weighted by atomic mass is 10.1.